The molecule has 0 amide bonds. The molecule has 4 aromatic rings. The first kappa shape index (κ1) is 25.3. The van der Waals surface area contributed by atoms with Gasteiger partial charge in [-0.05, 0) is 48.9 Å². The number of nitrogens with zero attached hydrogens (tertiary/aromatic N) is 9. The molecule has 0 aliphatic carbocycles. The molecular formula is C28H34N10O. The third-order valence-corrected chi connectivity index (χ3v) is 7.92. The average molecular weight is 527 g/mol. The normalized spacial score (nSPS) is 18.6. The summed E-state index contributed by atoms with van der Waals surface area (Å²) in [5, 5.41) is 33.0. The number of aromatic nitrogens is 5. The van der Waals surface area contributed by atoms with Gasteiger partial charge in [-0.2, -0.15) is 15.3 Å². The van der Waals surface area contributed by atoms with E-state index in [9.17, 15) is 10.4 Å². The van der Waals surface area contributed by atoms with Crippen molar-refractivity contribution in [2.75, 3.05) is 56.5 Å². The van der Waals surface area contributed by atoms with E-state index in [1.165, 1.54) is 5.56 Å². The zero-order valence-electron chi connectivity index (χ0n) is 22.4. The molecule has 0 radical (unpaired) electrons. The largest absolute Gasteiger partial charge is 0.374 e. The fourth-order valence-corrected chi connectivity index (χ4v) is 5.50. The van der Waals surface area contributed by atoms with Crippen LogP contribution in [-0.4, -0.2) is 85.6 Å². The predicted molar refractivity (Wildman–Crippen MR) is 149 cm³/mol. The standard InChI is InChI=1S/C28H34N10O/c1-3-21-17-30-38(18-21)28(9-10-29)19-36(20-28)24-8-5-11-37-25(24)32-27(33-37)31-23-7-4-6-22(16-23)26(39)35-14-12-34(2)13-15-35/h4-8,11,16-18,26,39H,3,9,12-15,19-20H2,1-2H3,(H,31,33). The number of pyridine rings is 1. The van der Waals surface area contributed by atoms with Crippen molar-refractivity contribution in [3.63, 3.8) is 0 Å². The smallest absolute Gasteiger partial charge is 0.247 e. The van der Waals surface area contributed by atoms with Crippen molar-refractivity contribution in [2.24, 2.45) is 0 Å². The predicted octanol–water partition coefficient (Wildman–Crippen LogP) is 2.60. The molecule has 11 heteroatoms. The van der Waals surface area contributed by atoms with Crippen LogP contribution in [-0.2, 0) is 12.0 Å². The lowest BCUT2D eigenvalue weighted by Gasteiger charge is -2.50. The van der Waals surface area contributed by atoms with E-state index in [0.29, 0.717) is 25.5 Å². The van der Waals surface area contributed by atoms with Gasteiger partial charge in [-0.1, -0.05) is 19.1 Å². The topological polar surface area (TPSA) is 114 Å². The summed E-state index contributed by atoms with van der Waals surface area (Å²) in [6.45, 7) is 7.00. The van der Waals surface area contributed by atoms with Gasteiger partial charge in [0.1, 0.15) is 11.8 Å². The number of aliphatic hydroxyl groups is 1. The first-order valence-corrected chi connectivity index (χ1v) is 13.5. The minimum absolute atomic E-state index is 0.346. The number of likely N-dealkylation sites (N-methyl/N-ethyl adjacent to an activating group) is 1. The number of nitrogens with one attached hydrogen (secondary N) is 1. The van der Waals surface area contributed by atoms with E-state index in [1.54, 1.807) is 4.52 Å². The van der Waals surface area contributed by atoms with Gasteiger partial charge in [-0.3, -0.25) is 9.58 Å². The van der Waals surface area contributed by atoms with Crippen LogP contribution < -0.4 is 10.2 Å². The zero-order valence-corrected chi connectivity index (χ0v) is 22.4. The van der Waals surface area contributed by atoms with Crippen molar-refractivity contribution >= 4 is 23.0 Å². The summed E-state index contributed by atoms with van der Waals surface area (Å²) < 4.78 is 3.74. The highest BCUT2D eigenvalue weighted by molar-refractivity contribution is 5.72. The highest BCUT2D eigenvalue weighted by Crippen LogP contribution is 2.37. The molecule has 0 saturated carbocycles. The fourth-order valence-electron chi connectivity index (χ4n) is 5.50. The molecule has 3 aromatic heterocycles. The molecule has 1 aromatic carbocycles. The Morgan fingerprint density at radius 2 is 1.97 bits per heavy atom. The molecule has 2 N–H and O–H groups in total. The van der Waals surface area contributed by atoms with Gasteiger partial charge < -0.3 is 20.2 Å². The summed E-state index contributed by atoms with van der Waals surface area (Å²) in [5.74, 6) is 0.483. The number of aliphatic hydroxyl groups excluding tert-OH is 1. The van der Waals surface area contributed by atoms with E-state index < -0.39 is 6.23 Å². The van der Waals surface area contributed by atoms with Crippen molar-refractivity contribution < 1.29 is 5.11 Å². The van der Waals surface area contributed by atoms with E-state index >= 15 is 0 Å². The number of piperazine rings is 1. The van der Waals surface area contributed by atoms with Crippen molar-refractivity contribution in [1.29, 1.82) is 5.26 Å². The van der Waals surface area contributed by atoms with Crippen molar-refractivity contribution in [3.8, 4) is 6.07 Å². The lowest BCUT2D eigenvalue weighted by molar-refractivity contribution is -0.0232. The van der Waals surface area contributed by atoms with Crippen LogP contribution in [0.1, 0.15) is 30.7 Å². The molecule has 1 unspecified atom stereocenters. The molecule has 6 rings (SSSR count). The van der Waals surface area contributed by atoms with Crippen LogP contribution in [0.25, 0.3) is 5.65 Å². The van der Waals surface area contributed by atoms with Gasteiger partial charge in [0, 0.05) is 57.3 Å². The highest BCUT2D eigenvalue weighted by Gasteiger charge is 2.46. The van der Waals surface area contributed by atoms with Crippen molar-refractivity contribution in [1.82, 2.24) is 34.2 Å². The minimum Gasteiger partial charge on any atom is -0.374 e. The highest BCUT2D eigenvalue weighted by atomic mass is 16.3. The number of anilines is 3. The van der Waals surface area contributed by atoms with Gasteiger partial charge in [0.25, 0.3) is 0 Å². The number of hydrogen-bond donors (Lipinski definition) is 2. The number of nitriles is 1. The Labute approximate surface area is 227 Å². The van der Waals surface area contributed by atoms with Crippen LogP contribution >= 0.6 is 0 Å². The Morgan fingerprint density at radius 3 is 2.72 bits per heavy atom. The summed E-state index contributed by atoms with van der Waals surface area (Å²) in [7, 11) is 2.10. The zero-order chi connectivity index (χ0) is 27.0. The van der Waals surface area contributed by atoms with Gasteiger partial charge >= 0.3 is 0 Å². The van der Waals surface area contributed by atoms with Gasteiger partial charge in [0.2, 0.25) is 5.95 Å². The first-order valence-electron chi connectivity index (χ1n) is 13.5. The molecule has 0 spiro atoms. The second-order valence-corrected chi connectivity index (χ2v) is 10.6. The lowest BCUT2D eigenvalue weighted by Crippen LogP contribution is -2.63. The van der Waals surface area contributed by atoms with Crippen LogP contribution in [0.15, 0.2) is 55.0 Å². The quantitative estimate of drug-likeness (QED) is 0.358. The maximum Gasteiger partial charge on any atom is 0.247 e. The molecule has 2 aliphatic rings. The molecule has 2 saturated heterocycles. The van der Waals surface area contributed by atoms with Crippen molar-refractivity contribution in [2.45, 2.75) is 31.5 Å². The number of benzene rings is 1. The van der Waals surface area contributed by atoms with Crippen molar-refractivity contribution in [3.05, 3.63) is 66.1 Å². The molecule has 11 nitrogen and oxygen atoms in total. The number of aryl methyl sites for hydroxylation is 1. The van der Waals surface area contributed by atoms with E-state index in [2.05, 4.69) is 56.5 Å². The maximum atomic E-state index is 11.0. The third kappa shape index (κ3) is 4.83. The lowest BCUT2D eigenvalue weighted by atomic mass is 9.86. The molecule has 1 atom stereocenters. The number of hydrogen-bond acceptors (Lipinski definition) is 9. The van der Waals surface area contributed by atoms with Crippen LogP contribution in [0.2, 0.25) is 0 Å². The Hall–Kier alpha value is -3.98. The molecule has 202 valence electrons. The number of rotatable bonds is 8. The summed E-state index contributed by atoms with van der Waals surface area (Å²) in [4.78, 5) is 11.4. The second kappa shape index (κ2) is 10.3. The van der Waals surface area contributed by atoms with E-state index in [4.69, 9.17) is 4.98 Å². The van der Waals surface area contributed by atoms with E-state index in [0.717, 1.165) is 55.2 Å². The summed E-state index contributed by atoms with van der Waals surface area (Å²) in [6.07, 6.45) is 6.49. The van der Waals surface area contributed by atoms with E-state index in [1.807, 2.05) is 53.5 Å². The summed E-state index contributed by atoms with van der Waals surface area (Å²) in [6, 6.07) is 14.1. The van der Waals surface area contributed by atoms with Gasteiger partial charge in [0.15, 0.2) is 5.65 Å². The fraction of sp³-hybridized carbons (Fsp3) is 0.429. The SMILES string of the molecule is CCc1cnn(C2(CC#N)CN(c3cccn4nc(Nc5cccc(C(O)N6CCN(C)CC6)c5)nc34)C2)c1. The molecule has 0 bridgehead atoms. The molecular weight excluding hydrogens is 492 g/mol. The Bertz CT molecular complexity index is 1490. The molecule has 2 fully saturated rings. The first-order chi connectivity index (χ1) is 19.0. The molecule has 39 heavy (non-hydrogen) atoms. The maximum absolute atomic E-state index is 11.0. The Balaban J connectivity index is 1.19. The van der Waals surface area contributed by atoms with Crippen LogP contribution in [0.3, 0.4) is 0 Å². The Kier molecular flexibility index (Phi) is 6.68. The second-order valence-electron chi connectivity index (χ2n) is 10.6. The average Bonchev–Trinajstić information content (AvgIpc) is 3.58. The Morgan fingerprint density at radius 1 is 1.15 bits per heavy atom. The molecule has 2 aliphatic heterocycles. The monoisotopic (exact) mass is 526 g/mol. The van der Waals surface area contributed by atoms with E-state index in [-0.39, 0.29) is 5.54 Å². The van der Waals surface area contributed by atoms with Crippen LogP contribution in [0, 0.1) is 11.3 Å². The summed E-state index contributed by atoms with van der Waals surface area (Å²) >= 11 is 0. The summed E-state index contributed by atoms with van der Waals surface area (Å²) in [5.41, 5.74) is 4.19. The van der Waals surface area contributed by atoms with Crippen LogP contribution in [0.5, 0.6) is 0 Å². The van der Waals surface area contributed by atoms with Crippen LogP contribution in [0.4, 0.5) is 17.3 Å². The van der Waals surface area contributed by atoms with Gasteiger partial charge in [-0.25, -0.2) is 4.52 Å². The van der Waals surface area contributed by atoms with Gasteiger partial charge in [0.05, 0.1) is 24.4 Å². The third-order valence-electron chi connectivity index (χ3n) is 7.92. The van der Waals surface area contributed by atoms with Gasteiger partial charge in [-0.15, -0.1) is 5.10 Å². The molecule has 5 heterocycles. The minimum atomic E-state index is -0.649. The number of fused-ring (bicyclic) bond motifs is 1.